The van der Waals surface area contributed by atoms with Gasteiger partial charge in [-0.25, -0.2) is 0 Å². The molecule has 122 valence electrons. The van der Waals surface area contributed by atoms with E-state index < -0.39 is 0 Å². The maximum Gasteiger partial charge on any atom is 0.313 e. The number of nitrogens with zero attached hydrogens (tertiary/aromatic N) is 1. The summed E-state index contributed by atoms with van der Waals surface area (Å²) in [5.74, 6) is 0.823. The summed E-state index contributed by atoms with van der Waals surface area (Å²) >= 11 is 0. The molecule has 0 bridgehead atoms. The van der Waals surface area contributed by atoms with Gasteiger partial charge in [0.15, 0.2) is 0 Å². The number of hydrogen-bond acceptors (Lipinski definition) is 4. The SMILES string of the molecule is CCOC(=O)[C@]1(CCOC)CCCN(CC2CCCC2)C1. The summed E-state index contributed by atoms with van der Waals surface area (Å²) in [6.45, 7) is 6.14. The average Bonchev–Trinajstić information content (AvgIpc) is 2.98. The van der Waals surface area contributed by atoms with Crippen LogP contribution in [0.5, 0.6) is 0 Å². The molecule has 1 aliphatic heterocycles. The van der Waals surface area contributed by atoms with Crippen LogP contribution in [0.3, 0.4) is 0 Å². The van der Waals surface area contributed by atoms with E-state index in [-0.39, 0.29) is 11.4 Å². The lowest BCUT2D eigenvalue weighted by Crippen LogP contribution is -2.50. The molecule has 0 N–H and O–H groups in total. The number of likely N-dealkylation sites (tertiary alicyclic amines) is 1. The van der Waals surface area contributed by atoms with Crippen molar-refractivity contribution in [2.24, 2.45) is 11.3 Å². The van der Waals surface area contributed by atoms with Gasteiger partial charge in [0.2, 0.25) is 0 Å². The van der Waals surface area contributed by atoms with Crippen LogP contribution in [0.15, 0.2) is 0 Å². The fourth-order valence-electron chi connectivity index (χ4n) is 4.00. The molecule has 2 rings (SSSR count). The van der Waals surface area contributed by atoms with Crippen molar-refractivity contribution in [3.63, 3.8) is 0 Å². The van der Waals surface area contributed by atoms with Crippen molar-refractivity contribution in [1.29, 1.82) is 0 Å². The van der Waals surface area contributed by atoms with Gasteiger partial charge in [0.05, 0.1) is 12.0 Å². The maximum atomic E-state index is 12.5. The van der Waals surface area contributed by atoms with Gasteiger partial charge in [-0.3, -0.25) is 4.79 Å². The van der Waals surface area contributed by atoms with Gasteiger partial charge in [-0.2, -0.15) is 0 Å². The molecule has 2 fully saturated rings. The topological polar surface area (TPSA) is 38.8 Å². The number of esters is 1. The number of carbonyl (C=O) groups excluding carboxylic acids is 1. The van der Waals surface area contributed by atoms with Crippen molar-refractivity contribution in [1.82, 2.24) is 4.90 Å². The molecule has 2 aliphatic rings. The summed E-state index contributed by atoms with van der Waals surface area (Å²) < 4.78 is 10.6. The van der Waals surface area contributed by atoms with Crippen LogP contribution < -0.4 is 0 Å². The Morgan fingerprint density at radius 2 is 2.05 bits per heavy atom. The molecule has 1 aliphatic carbocycles. The lowest BCUT2D eigenvalue weighted by atomic mass is 9.77. The molecule has 1 saturated carbocycles. The highest BCUT2D eigenvalue weighted by Gasteiger charge is 2.43. The van der Waals surface area contributed by atoms with E-state index >= 15 is 0 Å². The summed E-state index contributed by atoms with van der Waals surface area (Å²) in [6, 6.07) is 0. The molecule has 0 aromatic rings. The van der Waals surface area contributed by atoms with Crippen LogP contribution in [-0.4, -0.2) is 50.8 Å². The molecular formula is C17H31NO3. The molecule has 0 radical (unpaired) electrons. The highest BCUT2D eigenvalue weighted by atomic mass is 16.5. The van der Waals surface area contributed by atoms with Gasteiger partial charge in [-0.1, -0.05) is 12.8 Å². The first kappa shape index (κ1) is 16.8. The molecule has 21 heavy (non-hydrogen) atoms. The van der Waals surface area contributed by atoms with Crippen LogP contribution in [0, 0.1) is 11.3 Å². The minimum Gasteiger partial charge on any atom is -0.466 e. The highest BCUT2D eigenvalue weighted by Crippen LogP contribution is 2.36. The summed E-state index contributed by atoms with van der Waals surface area (Å²) in [6.07, 6.45) is 8.30. The van der Waals surface area contributed by atoms with E-state index in [1.165, 1.54) is 25.7 Å². The quantitative estimate of drug-likeness (QED) is 0.677. The first-order chi connectivity index (χ1) is 10.2. The summed E-state index contributed by atoms with van der Waals surface area (Å²) in [5.41, 5.74) is -0.344. The minimum atomic E-state index is -0.344. The molecule has 0 spiro atoms. The Morgan fingerprint density at radius 1 is 1.29 bits per heavy atom. The lowest BCUT2D eigenvalue weighted by Gasteiger charge is -2.41. The molecule has 1 atom stereocenters. The average molecular weight is 297 g/mol. The first-order valence-corrected chi connectivity index (χ1v) is 8.59. The van der Waals surface area contributed by atoms with Crippen LogP contribution in [-0.2, 0) is 14.3 Å². The third kappa shape index (κ3) is 4.43. The maximum absolute atomic E-state index is 12.5. The molecule has 0 aromatic heterocycles. The Hall–Kier alpha value is -0.610. The van der Waals surface area contributed by atoms with Gasteiger partial charge < -0.3 is 14.4 Å². The summed E-state index contributed by atoms with van der Waals surface area (Å²) in [7, 11) is 1.71. The minimum absolute atomic E-state index is 0.0156. The van der Waals surface area contributed by atoms with Crippen molar-refractivity contribution in [3.05, 3.63) is 0 Å². The normalized spacial score (nSPS) is 27.9. The Kier molecular flexibility index (Phi) is 6.49. The molecule has 1 heterocycles. The Labute approximate surface area is 129 Å². The van der Waals surface area contributed by atoms with Gasteiger partial charge >= 0.3 is 5.97 Å². The van der Waals surface area contributed by atoms with E-state index in [1.54, 1.807) is 7.11 Å². The molecule has 1 saturated heterocycles. The smallest absolute Gasteiger partial charge is 0.313 e. The fraction of sp³-hybridized carbons (Fsp3) is 0.941. The van der Waals surface area contributed by atoms with Crippen LogP contribution in [0.1, 0.15) is 51.9 Å². The van der Waals surface area contributed by atoms with Crippen LogP contribution >= 0.6 is 0 Å². The lowest BCUT2D eigenvalue weighted by molar-refractivity contribution is -0.160. The van der Waals surface area contributed by atoms with E-state index in [4.69, 9.17) is 9.47 Å². The van der Waals surface area contributed by atoms with Gasteiger partial charge in [-0.05, 0) is 51.5 Å². The molecule has 0 amide bonds. The highest BCUT2D eigenvalue weighted by molar-refractivity contribution is 5.77. The molecule has 0 unspecified atom stereocenters. The standard InChI is InChI=1S/C17H31NO3/c1-3-21-16(19)17(10-12-20-2)9-6-11-18(14-17)13-15-7-4-5-8-15/h15H,3-14H2,1-2H3/t17-/m0/s1. The first-order valence-electron chi connectivity index (χ1n) is 8.59. The van der Waals surface area contributed by atoms with Crippen molar-refractivity contribution in [3.8, 4) is 0 Å². The number of methoxy groups -OCH3 is 1. The largest absolute Gasteiger partial charge is 0.466 e. The number of piperidine rings is 1. The second-order valence-electron chi connectivity index (χ2n) is 6.73. The van der Waals surface area contributed by atoms with E-state index in [2.05, 4.69) is 4.90 Å². The van der Waals surface area contributed by atoms with E-state index in [0.29, 0.717) is 13.2 Å². The van der Waals surface area contributed by atoms with Crippen LogP contribution in [0.2, 0.25) is 0 Å². The van der Waals surface area contributed by atoms with E-state index in [1.807, 2.05) is 6.92 Å². The van der Waals surface area contributed by atoms with Crippen molar-refractivity contribution < 1.29 is 14.3 Å². The number of hydrogen-bond donors (Lipinski definition) is 0. The predicted molar refractivity (Wildman–Crippen MR) is 83.2 cm³/mol. The Balaban J connectivity index is 1.98. The number of rotatable bonds is 7. The molecular weight excluding hydrogens is 266 g/mol. The van der Waals surface area contributed by atoms with E-state index in [9.17, 15) is 4.79 Å². The zero-order valence-electron chi connectivity index (χ0n) is 13.7. The zero-order valence-corrected chi connectivity index (χ0v) is 13.7. The third-order valence-electron chi connectivity index (χ3n) is 5.14. The van der Waals surface area contributed by atoms with Crippen molar-refractivity contribution >= 4 is 5.97 Å². The van der Waals surface area contributed by atoms with Gasteiger partial charge in [0.1, 0.15) is 0 Å². The Bertz CT molecular complexity index is 328. The van der Waals surface area contributed by atoms with Crippen LogP contribution in [0.4, 0.5) is 0 Å². The number of carbonyl (C=O) groups is 1. The predicted octanol–water partition coefficient (Wildman–Crippen LogP) is 2.86. The van der Waals surface area contributed by atoms with E-state index in [0.717, 1.165) is 44.8 Å². The Morgan fingerprint density at radius 3 is 2.71 bits per heavy atom. The van der Waals surface area contributed by atoms with Crippen LogP contribution in [0.25, 0.3) is 0 Å². The van der Waals surface area contributed by atoms with Crippen molar-refractivity contribution in [2.75, 3.05) is 40.0 Å². The van der Waals surface area contributed by atoms with Gasteiger partial charge in [0, 0.05) is 26.8 Å². The summed E-state index contributed by atoms with van der Waals surface area (Å²) in [4.78, 5) is 15.0. The monoisotopic (exact) mass is 297 g/mol. The second kappa shape index (κ2) is 8.14. The van der Waals surface area contributed by atoms with Gasteiger partial charge in [0.25, 0.3) is 0 Å². The fourth-order valence-corrected chi connectivity index (χ4v) is 4.00. The molecule has 4 nitrogen and oxygen atoms in total. The third-order valence-corrected chi connectivity index (χ3v) is 5.14. The molecule has 4 heteroatoms. The zero-order chi connectivity index (χ0) is 15.1. The summed E-state index contributed by atoms with van der Waals surface area (Å²) in [5, 5.41) is 0. The number of ether oxygens (including phenoxy) is 2. The molecule has 0 aromatic carbocycles. The van der Waals surface area contributed by atoms with Crippen molar-refractivity contribution in [2.45, 2.75) is 51.9 Å². The second-order valence-corrected chi connectivity index (χ2v) is 6.73. The van der Waals surface area contributed by atoms with Gasteiger partial charge in [-0.15, -0.1) is 0 Å².